The van der Waals surface area contributed by atoms with Gasteiger partial charge in [0.05, 0.1) is 19.7 Å². The molecule has 3 nitrogen and oxygen atoms in total. The number of nitrogens with one attached hydrogen (secondary N) is 1. The average Bonchev–Trinajstić information content (AvgIpc) is 2.34. The van der Waals surface area contributed by atoms with Crippen molar-refractivity contribution >= 4 is 5.97 Å². The second kappa shape index (κ2) is 10.5. The molecule has 4 heteroatoms. The van der Waals surface area contributed by atoms with Gasteiger partial charge in [-0.25, -0.2) is 0 Å². The predicted molar refractivity (Wildman–Crippen MR) is 67.7 cm³/mol. The van der Waals surface area contributed by atoms with E-state index < -0.39 is 0 Å². The Labute approximate surface area is 104 Å². The van der Waals surface area contributed by atoms with Crippen molar-refractivity contribution in [1.82, 2.24) is 5.32 Å². The van der Waals surface area contributed by atoms with Crippen molar-refractivity contribution in [2.24, 2.45) is 5.92 Å². The van der Waals surface area contributed by atoms with Crippen molar-refractivity contribution in [2.45, 2.75) is 52.0 Å². The molecule has 0 spiro atoms. The summed E-state index contributed by atoms with van der Waals surface area (Å²) in [5, 5.41) is 3.34. The van der Waals surface area contributed by atoms with Gasteiger partial charge in [-0.3, -0.25) is 9.18 Å². The van der Waals surface area contributed by atoms with E-state index in [9.17, 15) is 9.18 Å². The first-order chi connectivity index (χ1) is 8.15. The highest BCUT2D eigenvalue weighted by molar-refractivity contribution is 5.71. The van der Waals surface area contributed by atoms with E-state index in [4.69, 9.17) is 4.74 Å². The molecule has 0 fully saturated rings. The highest BCUT2D eigenvalue weighted by atomic mass is 19.1. The van der Waals surface area contributed by atoms with Crippen LogP contribution in [-0.4, -0.2) is 32.3 Å². The second-order valence-electron chi connectivity index (χ2n) is 4.48. The third-order valence-electron chi connectivity index (χ3n) is 2.93. The molecule has 0 heterocycles. The lowest BCUT2D eigenvalue weighted by molar-refractivity contribution is -0.145. The molecule has 0 aromatic heterocycles. The molecule has 1 N–H and O–H groups in total. The number of alkyl halides is 1. The van der Waals surface area contributed by atoms with Crippen LogP contribution in [-0.2, 0) is 9.53 Å². The van der Waals surface area contributed by atoms with Crippen LogP contribution in [0.1, 0.15) is 46.0 Å². The zero-order valence-electron chi connectivity index (χ0n) is 11.3. The predicted octanol–water partition coefficient (Wildman–Crippen LogP) is 2.69. The van der Waals surface area contributed by atoms with Crippen LogP contribution in [0.15, 0.2) is 0 Å². The molecule has 0 aliphatic heterocycles. The number of hydrogen-bond acceptors (Lipinski definition) is 3. The number of esters is 1. The maximum atomic E-state index is 12.0. The summed E-state index contributed by atoms with van der Waals surface area (Å²) in [5.74, 6) is -0.202. The molecule has 0 saturated carbocycles. The molecule has 17 heavy (non-hydrogen) atoms. The summed E-state index contributed by atoms with van der Waals surface area (Å²) in [6.45, 7) is 4.46. The van der Waals surface area contributed by atoms with E-state index >= 15 is 0 Å². The third kappa shape index (κ3) is 8.13. The Morgan fingerprint density at radius 1 is 1.35 bits per heavy atom. The lowest BCUT2D eigenvalue weighted by Gasteiger charge is -2.19. The molecule has 0 aromatic carbocycles. The van der Waals surface area contributed by atoms with Crippen molar-refractivity contribution in [3.63, 3.8) is 0 Å². The average molecular weight is 247 g/mol. The molecule has 2 unspecified atom stereocenters. The van der Waals surface area contributed by atoms with Gasteiger partial charge in [0, 0.05) is 6.04 Å². The second-order valence-corrected chi connectivity index (χ2v) is 4.48. The summed E-state index contributed by atoms with van der Waals surface area (Å²) in [6.07, 6.45) is 4.49. The first-order valence-corrected chi connectivity index (χ1v) is 6.52. The Kier molecular flexibility index (Phi) is 10.1. The maximum Gasteiger partial charge on any atom is 0.308 e. The Hall–Kier alpha value is -0.640. The Morgan fingerprint density at radius 2 is 2.06 bits per heavy atom. The van der Waals surface area contributed by atoms with Gasteiger partial charge >= 0.3 is 5.97 Å². The quantitative estimate of drug-likeness (QED) is 0.476. The molecule has 102 valence electrons. The van der Waals surface area contributed by atoms with Crippen LogP contribution in [0.5, 0.6) is 0 Å². The van der Waals surface area contributed by atoms with Crippen molar-refractivity contribution in [1.29, 1.82) is 0 Å². The number of carbonyl (C=O) groups is 1. The van der Waals surface area contributed by atoms with Gasteiger partial charge in [0.2, 0.25) is 0 Å². The molecular formula is C13H26FNO2. The zero-order chi connectivity index (χ0) is 13.1. The fourth-order valence-corrected chi connectivity index (χ4v) is 1.84. The monoisotopic (exact) mass is 247 g/mol. The van der Waals surface area contributed by atoms with Gasteiger partial charge in [-0.2, -0.15) is 0 Å². The van der Waals surface area contributed by atoms with Crippen LogP contribution in [0, 0.1) is 5.92 Å². The lowest BCUT2D eigenvalue weighted by atomic mass is 9.99. The molecule has 0 aliphatic rings. The number of ether oxygens (including phenoxy) is 1. The molecule has 2 atom stereocenters. The molecule has 0 amide bonds. The smallest absolute Gasteiger partial charge is 0.308 e. The van der Waals surface area contributed by atoms with Crippen molar-refractivity contribution in [2.75, 3.05) is 20.3 Å². The van der Waals surface area contributed by atoms with Crippen molar-refractivity contribution in [3.8, 4) is 0 Å². The number of carbonyl (C=O) groups excluding carboxylic acids is 1. The number of rotatable bonds is 10. The SMILES string of the molecule is CCCC(CCC(C)C(=O)OC)NCCCF. The fraction of sp³-hybridized carbons (Fsp3) is 0.923. The van der Waals surface area contributed by atoms with Gasteiger partial charge < -0.3 is 10.1 Å². The minimum Gasteiger partial charge on any atom is -0.469 e. The maximum absolute atomic E-state index is 12.0. The van der Waals surface area contributed by atoms with Gasteiger partial charge in [0.15, 0.2) is 0 Å². The van der Waals surface area contributed by atoms with Crippen LogP contribution in [0.25, 0.3) is 0 Å². The highest BCUT2D eigenvalue weighted by Gasteiger charge is 2.15. The van der Waals surface area contributed by atoms with Gasteiger partial charge in [-0.1, -0.05) is 20.3 Å². The van der Waals surface area contributed by atoms with E-state index in [-0.39, 0.29) is 18.6 Å². The van der Waals surface area contributed by atoms with E-state index in [2.05, 4.69) is 12.2 Å². The molecule has 0 bridgehead atoms. The number of halogens is 1. The summed E-state index contributed by atoms with van der Waals surface area (Å²) in [6, 6.07) is 0.388. The van der Waals surface area contributed by atoms with Crippen LogP contribution in [0.3, 0.4) is 0 Å². The fourth-order valence-electron chi connectivity index (χ4n) is 1.84. The van der Waals surface area contributed by atoms with E-state index in [1.807, 2.05) is 6.92 Å². The van der Waals surface area contributed by atoms with Crippen LogP contribution in [0.2, 0.25) is 0 Å². The van der Waals surface area contributed by atoms with Crippen LogP contribution >= 0.6 is 0 Å². The summed E-state index contributed by atoms with van der Waals surface area (Å²) in [5.41, 5.74) is 0. The van der Waals surface area contributed by atoms with Gasteiger partial charge in [0.25, 0.3) is 0 Å². The first kappa shape index (κ1) is 16.4. The highest BCUT2D eigenvalue weighted by Crippen LogP contribution is 2.12. The van der Waals surface area contributed by atoms with E-state index in [1.54, 1.807) is 0 Å². The van der Waals surface area contributed by atoms with Crippen molar-refractivity contribution in [3.05, 3.63) is 0 Å². The van der Waals surface area contributed by atoms with Crippen LogP contribution < -0.4 is 5.32 Å². The van der Waals surface area contributed by atoms with Crippen LogP contribution in [0.4, 0.5) is 4.39 Å². The van der Waals surface area contributed by atoms with Gasteiger partial charge in [-0.15, -0.1) is 0 Å². The number of hydrogen-bond donors (Lipinski definition) is 1. The topological polar surface area (TPSA) is 38.3 Å². The minimum atomic E-state index is -0.273. The minimum absolute atomic E-state index is 0.0534. The summed E-state index contributed by atoms with van der Waals surface area (Å²) >= 11 is 0. The zero-order valence-corrected chi connectivity index (χ0v) is 11.3. The van der Waals surface area contributed by atoms with E-state index in [0.29, 0.717) is 19.0 Å². The lowest BCUT2D eigenvalue weighted by Crippen LogP contribution is -2.31. The van der Waals surface area contributed by atoms with E-state index in [1.165, 1.54) is 7.11 Å². The third-order valence-corrected chi connectivity index (χ3v) is 2.93. The van der Waals surface area contributed by atoms with Gasteiger partial charge in [0.1, 0.15) is 0 Å². The summed E-state index contributed by atoms with van der Waals surface area (Å²) in [7, 11) is 1.42. The summed E-state index contributed by atoms with van der Waals surface area (Å²) < 4.78 is 16.7. The normalized spacial score (nSPS) is 14.4. The Morgan fingerprint density at radius 3 is 2.59 bits per heavy atom. The summed E-state index contributed by atoms with van der Waals surface area (Å²) in [4.78, 5) is 11.3. The van der Waals surface area contributed by atoms with Crippen molar-refractivity contribution < 1.29 is 13.9 Å². The number of methoxy groups -OCH3 is 1. The largest absolute Gasteiger partial charge is 0.469 e. The Bertz CT molecular complexity index is 200. The molecule has 0 aromatic rings. The molecular weight excluding hydrogens is 221 g/mol. The van der Waals surface area contributed by atoms with E-state index in [0.717, 1.165) is 25.7 Å². The molecule has 0 aliphatic carbocycles. The molecule has 0 rings (SSSR count). The van der Waals surface area contributed by atoms with Gasteiger partial charge in [-0.05, 0) is 32.2 Å². The first-order valence-electron chi connectivity index (χ1n) is 6.52. The molecule has 0 saturated heterocycles. The molecule has 0 radical (unpaired) electrons. The standard InChI is InChI=1S/C13H26FNO2/c1-4-6-12(15-10-5-9-14)8-7-11(2)13(16)17-3/h11-12,15H,4-10H2,1-3H3. The Balaban J connectivity index is 3.86.